The molecule has 3 atom stereocenters. The van der Waals surface area contributed by atoms with Gasteiger partial charge in [-0.1, -0.05) is 17.7 Å². The lowest BCUT2D eigenvalue weighted by molar-refractivity contribution is -0.119. The Kier molecular flexibility index (Phi) is 7.48. The lowest BCUT2D eigenvalue weighted by Crippen LogP contribution is -2.55. The highest BCUT2D eigenvalue weighted by molar-refractivity contribution is 6.35. The first-order valence-electron chi connectivity index (χ1n) is 12.7. The molecule has 1 saturated heterocycles. The van der Waals surface area contributed by atoms with E-state index in [1.54, 1.807) is 42.5 Å². The average Bonchev–Trinajstić information content (AvgIpc) is 3.29. The predicted octanol–water partition coefficient (Wildman–Crippen LogP) is 4.43. The lowest BCUT2D eigenvalue weighted by Gasteiger charge is -2.36. The number of amides is 3. The zero-order valence-electron chi connectivity index (χ0n) is 20.8. The molecule has 0 radical (unpaired) electrons. The first-order valence-corrected chi connectivity index (χ1v) is 13.1. The van der Waals surface area contributed by atoms with E-state index >= 15 is 0 Å². The molecule has 0 spiro atoms. The summed E-state index contributed by atoms with van der Waals surface area (Å²) in [7, 11) is 1.67. The molecule has 1 aromatic heterocycles. The van der Waals surface area contributed by atoms with E-state index in [-0.39, 0.29) is 35.9 Å². The number of fused-ring (bicyclic) bond motifs is 1. The van der Waals surface area contributed by atoms with Gasteiger partial charge in [0.1, 0.15) is 0 Å². The predicted molar refractivity (Wildman–Crippen MR) is 143 cm³/mol. The van der Waals surface area contributed by atoms with Crippen molar-refractivity contribution in [3.05, 3.63) is 64.8 Å². The van der Waals surface area contributed by atoms with Crippen LogP contribution in [0.5, 0.6) is 0 Å². The number of nitrogens with one attached hydrogen (secondary N) is 3. The van der Waals surface area contributed by atoms with Crippen molar-refractivity contribution in [3.8, 4) is 0 Å². The second-order valence-corrected chi connectivity index (χ2v) is 10.2. The molecule has 2 aromatic carbocycles. The summed E-state index contributed by atoms with van der Waals surface area (Å²) in [4.78, 5) is 43.3. The fourth-order valence-corrected chi connectivity index (χ4v) is 5.50. The van der Waals surface area contributed by atoms with Gasteiger partial charge in [0.15, 0.2) is 0 Å². The summed E-state index contributed by atoms with van der Waals surface area (Å²) in [6.45, 7) is 0.704. The number of halogens is 1. The van der Waals surface area contributed by atoms with Crippen molar-refractivity contribution in [1.82, 2.24) is 15.6 Å². The topological polar surface area (TPSA) is 104 Å². The monoisotopic (exact) mass is 522 g/mol. The van der Waals surface area contributed by atoms with E-state index in [0.29, 0.717) is 42.0 Å². The highest BCUT2D eigenvalue weighted by Crippen LogP contribution is 2.26. The average molecular weight is 523 g/mol. The van der Waals surface area contributed by atoms with Crippen LogP contribution in [0.25, 0.3) is 10.9 Å². The molecule has 3 amide bonds. The molecular formula is C28H31ClN4O4. The Morgan fingerprint density at radius 3 is 2.49 bits per heavy atom. The molecule has 5 rings (SSSR count). The fraction of sp³-hybridized carbons (Fsp3) is 0.393. The molecule has 9 heteroatoms. The van der Waals surface area contributed by atoms with Crippen LogP contribution in [0.15, 0.2) is 48.7 Å². The summed E-state index contributed by atoms with van der Waals surface area (Å²) in [5.74, 6) is -0.309. The van der Waals surface area contributed by atoms with Crippen LogP contribution in [0.3, 0.4) is 0 Å². The second-order valence-electron chi connectivity index (χ2n) is 9.78. The molecular weight excluding hydrogens is 492 g/mol. The molecule has 2 aliphatic rings. The Labute approximate surface area is 220 Å². The number of carbonyl (C=O) groups is 3. The molecule has 8 nitrogen and oxygen atoms in total. The standard InChI is InChI=1S/C28H31ClN4O4/c1-37-20-10-12-23(31-28(36)18-7-11-21-22(29)16-30-24(21)14-18)25(15-20)32-27(35)17-5-8-19(9-6-17)33-13-3-2-4-26(33)34/h5-9,11,14,16,20,23,25,30H,2-4,10,12-13,15H2,1H3,(H,31,36)(H,32,35)/t20-,23-,25+/m1/s1. The van der Waals surface area contributed by atoms with Crippen LogP contribution in [0, 0.1) is 0 Å². The number of anilines is 1. The minimum Gasteiger partial charge on any atom is -0.381 e. The highest BCUT2D eigenvalue weighted by atomic mass is 35.5. The summed E-state index contributed by atoms with van der Waals surface area (Å²) >= 11 is 6.16. The molecule has 2 fully saturated rings. The van der Waals surface area contributed by atoms with Gasteiger partial charge in [0.05, 0.1) is 17.2 Å². The minimum absolute atomic E-state index is 0.00310. The van der Waals surface area contributed by atoms with Crippen molar-refractivity contribution in [1.29, 1.82) is 0 Å². The van der Waals surface area contributed by atoms with E-state index in [1.165, 1.54) is 0 Å². The lowest BCUT2D eigenvalue weighted by atomic mass is 9.87. The maximum atomic E-state index is 13.1. The molecule has 1 aliphatic heterocycles. The van der Waals surface area contributed by atoms with Crippen molar-refractivity contribution in [2.45, 2.75) is 56.7 Å². The summed E-state index contributed by atoms with van der Waals surface area (Å²) in [5.41, 5.74) is 2.63. The third-order valence-corrected chi connectivity index (χ3v) is 7.74. The van der Waals surface area contributed by atoms with E-state index in [2.05, 4.69) is 15.6 Å². The van der Waals surface area contributed by atoms with Gasteiger partial charge in [-0.3, -0.25) is 14.4 Å². The van der Waals surface area contributed by atoms with Crippen molar-refractivity contribution in [2.24, 2.45) is 0 Å². The van der Waals surface area contributed by atoms with Crippen LogP contribution in [-0.2, 0) is 9.53 Å². The Morgan fingerprint density at radius 2 is 1.73 bits per heavy atom. The molecule has 0 bridgehead atoms. The number of ether oxygens (including phenoxy) is 1. The van der Waals surface area contributed by atoms with Gasteiger partial charge in [0.25, 0.3) is 11.8 Å². The number of aromatic amines is 1. The smallest absolute Gasteiger partial charge is 0.251 e. The van der Waals surface area contributed by atoms with Crippen LogP contribution in [0.2, 0.25) is 5.02 Å². The Bertz CT molecular complexity index is 1310. The molecule has 3 aromatic rings. The van der Waals surface area contributed by atoms with Crippen molar-refractivity contribution in [2.75, 3.05) is 18.6 Å². The molecule has 1 aliphatic carbocycles. The molecule has 194 valence electrons. The van der Waals surface area contributed by atoms with Gasteiger partial charge in [-0.15, -0.1) is 0 Å². The van der Waals surface area contributed by atoms with Gasteiger partial charge in [0.2, 0.25) is 5.91 Å². The van der Waals surface area contributed by atoms with Gasteiger partial charge in [-0.2, -0.15) is 0 Å². The van der Waals surface area contributed by atoms with Crippen molar-refractivity contribution < 1.29 is 19.1 Å². The third kappa shape index (κ3) is 5.50. The van der Waals surface area contributed by atoms with Crippen LogP contribution in [0.1, 0.15) is 59.2 Å². The summed E-state index contributed by atoms with van der Waals surface area (Å²) in [6, 6.07) is 11.9. The number of H-pyrrole nitrogens is 1. The zero-order chi connectivity index (χ0) is 25.9. The van der Waals surface area contributed by atoms with Crippen molar-refractivity contribution >= 4 is 45.9 Å². The van der Waals surface area contributed by atoms with E-state index in [9.17, 15) is 14.4 Å². The van der Waals surface area contributed by atoms with Crippen molar-refractivity contribution in [3.63, 3.8) is 0 Å². The Balaban J connectivity index is 1.27. The van der Waals surface area contributed by atoms with Gasteiger partial charge in [-0.25, -0.2) is 0 Å². The maximum absolute atomic E-state index is 13.1. The van der Waals surface area contributed by atoms with Crippen LogP contribution < -0.4 is 15.5 Å². The molecule has 0 unspecified atom stereocenters. The van der Waals surface area contributed by atoms with Crippen LogP contribution >= 0.6 is 11.6 Å². The van der Waals surface area contributed by atoms with Gasteiger partial charge in [-0.05, 0) is 68.5 Å². The summed E-state index contributed by atoms with van der Waals surface area (Å²) in [6.07, 6.45) is 6.23. The molecule has 2 heterocycles. The zero-order valence-corrected chi connectivity index (χ0v) is 21.5. The Morgan fingerprint density at radius 1 is 1.00 bits per heavy atom. The number of rotatable bonds is 6. The third-order valence-electron chi connectivity index (χ3n) is 7.43. The van der Waals surface area contributed by atoms with E-state index in [0.717, 1.165) is 35.9 Å². The summed E-state index contributed by atoms with van der Waals surface area (Å²) < 4.78 is 5.57. The minimum atomic E-state index is -0.290. The quantitative estimate of drug-likeness (QED) is 0.445. The number of carbonyl (C=O) groups excluding carboxylic acids is 3. The van der Waals surface area contributed by atoms with Crippen LogP contribution in [-0.4, -0.2) is 54.5 Å². The first-order chi connectivity index (χ1) is 17.9. The molecule has 37 heavy (non-hydrogen) atoms. The Hall–Kier alpha value is -3.36. The first kappa shape index (κ1) is 25.3. The van der Waals surface area contributed by atoms with E-state index < -0.39 is 0 Å². The number of nitrogens with zero attached hydrogens (tertiary/aromatic N) is 1. The summed E-state index contributed by atoms with van der Waals surface area (Å²) in [5, 5.41) is 7.69. The van der Waals surface area contributed by atoms with Gasteiger partial charge in [0, 0.05) is 60.0 Å². The molecule has 1 saturated carbocycles. The molecule has 3 N–H and O–H groups in total. The SMILES string of the molecule is CO[C@@H]1CC[C@@H](NC(=O)c2ccc3c(Cl)c[nH]c3c2)[C@@H](NC(=O)c2ccc(N3CCCCC3=O)cc2)C1. The van der Waals surface area contributed by atoms with Crippen LogP contribution in [0.4, 0.5) is 5.69 Å². The van der Waals surface area contributed by atoms with Gasteiger partial charge >= 0.3 is 0 Å². The number of hydrogen-bond donors (Lipinski definition) is 3. The second kappa shape index (κ2) is 10.9. The van der Waals surface area contributed by atoms with E-state index in [4.69, 9.17) is 16.3 Å². The van der Waals surface area contributed by atoms with Gasteiger partial charge < -0.3 is 25.3 Å². The van der Waals surface area contributed by atoms with E-state index in [1.807, 2.05) is 18.2 Å². The fourth-order valence-electron chi connectivity index (χ4n) is 5.29. The number of piperidine rings is 1. The maximum Gasteiger partial charge on any atom is 0.251 e. The number of methoxy groups -OCH3 is 1. The number of hydrogen-bond acceptors (Lipinski definition) is 4. The normalized spacial score (nSPS) is 22.2. The number of aromatic nitrogens is 1. The number of benzene rings is 2. The largest absolute Gasteiger partial charge is 0.381 e. The highest BCUT2D eigenvalue weighted by Gasteiger charge is 2.33.